The predicted octanol–water partition coefficient (Wildman–Crippen LogP) is 5.22. The van der Waals surface area contributed by atoms with Gasteiger partial charge in [0.15, 0.2) is 0 Å². The third kappa shape index (κ3) is 5.42. The topological polar surface area (TPSA) is 88.9 Å². The molecule has 1 atom stereocenters. The van der Waals surface area contributed by atoms with Crippen molar-refractivity contribution in [2.75, 3.05) is 5.32 Å². The Kier molecular flexibility index (Phi) is 7.42. The van der Waals surface area contributed by atoms with Gasteiger partial charge in [-0.2, -0.15) is 18.3 Å². The van der Waals surface area contributed by atoms with E-state index < -0.39 is 17.8 Å². The monoisotopic (exact) mass is 499 g/mol. The minimum atomic E-state index is -4.52. The van der Waals surface area contributed by atoms with Gasteiger partial charge in [0.25, 0.3) is 5.91 Å². The van der Waals surface area contributed by atoms with E-state index in [-0.39, 0.29) is 29.0 Å². The average molecular weight is 500 g/mol. The highest BCUT2D eigenvalue weighted by atomic mass is 19.4. The van der Waals surface area contributed by atoms with Crippen LogP contribution in [0.1, 0.15) is 54.4 Å². The van der Waals surface area contributed by atoms with E-state index >= 15 is 0 Å². The van der Waals surface area contributed by atoms with Crippen LogP contribution in [0.4, 0.5) is 18.9 Å². The number of rotatable bonds is 7. The maximum absolute atomic E-state index is 13.5. The third-order valence-corrected chi connectivity index (χ3v) is 6.58. The Labute approximate surface area is 207 Å². The number of aryl methyl sites for hydroxylation is 2. The minimum Gasteiger partial charge on any atom is -0.339 e. The first-order valence-electron chi connectivity index (χ1n) is 12.0. The van der Waals surface area contributed by atoms with E-state index in [1.165, 1.54) is 19.1 Å². The molecule has 1 unspecified atom stereocenters. The van der Waals surface area contributed by atoms with E-state index in [2.05, 4.69) is 20.7 Å². The standard InChI is InChI=1S/C26H28F3N5O2/c1-3-34-21(13-15-31-34)24(35)33-23(18-6-4-5-7-18)25(36)32-19-10-8-17(9-11-19)22-16(2)30-14-12-20(22)26(27,28)29/h8-15,18,23H,3-7H2,1-2H3,(H,32,36)(H,33,35). The van der Waals surface area contributed by atoms with Crippen molar-refractivity contribution in [3.05, 3.63) is 65.7 Å². The Balaban J connectivity index is 1.53. The fraction of sp³-hybridized carbons (Fsp3) is 0.385. The van der Waals surface area contributed by atoms with E-state index in [9.17, 15) is 22.8 Å². The number of carbonyl (C=O) groups is 2. The van der Waals surface area contributed by atoms with Crippen molar-refractivity contribution in [1.82, 2.24) is 20.1 Å². The molecule has 2 heterocycles. The summed E-state index contributed by atoms with van der Waals surface area (Å²) in [5.41, 5.74) is 0.657. The average Bonchev–Trinajstić information content (AvgIpc) is 3.54. The van der Waals surface area contributed by atoms with Crippen molar-refractivity contribution >= 4 is 17.5 Å². The highest BCUT2D eigenvalue weighted by molar-refractivity contribution is 6.00. The first-order valence-corrected chi connectivity index (χ1v) is 12.0. The molecule has 0 saturated heterocycles. The van der Waals surface area contributed by atoms with Crippen molar-refractivity contribution in [2.45, 2.75) is 58.3 Å². The van der Waals surface area contributed by atoms with Gasteiger partial charge in [-0.25, -0.2) is 0 Å². The molecule has 0 aliphatic heterocycles. The lowest BCUT2D eigenvalue weighted by Gasteiger charge is -2.24. The zero-order chi connectivity index (χ0) is 25.9. The second kappa shape index (κ2) is 10.5. The number of nitrogens with zero attached hydrogens (tertiary/aromatic N) is 3. The molecular formula is C26H28F3N5O2. The molecule has 2 aromatic heterocycles. The molecule has 1 aliphatic carbocycles. The summed E-state index contributed by atoms with van der Waals surface area (Å²) in [6, 6.07) is 7.99. The molecule has 10 heteroatoms. The fourth-order valence-electron chi connectivity index (χ4n) is 4.79. The first kappa shape index (κ1) is 25.4. The Bertz CT molecular complexity index is 1230. The maximum atomic E-state index is 13.5. The summed E-state index contributed by atoms with van der Waals surface area (Å²) in [5, 5.41) is 9.82. The van der Waals surface area contributed by atoms with E-state index in [4.69, 9.17) is 0 Å². The van der Waals surface area contributed by atoms with Gasteiger partial charge in [0.05, 0.1) is 5.56 Å². The van der Waals surface area contributed by atoms with Crippen LogP contribution in [0.25, 0.3) is 11.1 Å². The molecule has 0 radical (unpaired) electrons. The summed E-state index contributed by atoms with van der Waals surface area (Å²) >= 11 is 0. The van der Waals surface area contributed by atoms with Gasteiger partial charge in [-0.1, -0.05) is 25.0 Å². The highest BCUT2D eigenvalue weighted by Gasteiger charge is 2.35. The number of benzene rings is 1. The Morgan fingerprint density at radius 3 is 2.42 bits per heavy atom. The molecule has 2 N–H and O–H groups in total. The van der Waals surface area contributed by atoms with Crippen LogP contribution in [0.2, 0.25) is 0 Å². The Morgan fingerprint density at radius 2 is 1.78 bits per heavy atom. The van der Waals surface area contributed by atoms with Crippen molar-refractivity contribution < 1.29 is 22.8 Å². The van der Waals surface area contributed by atoms with E-state index in [0.717, 1.165) is 37.9 Å². The van der Waals surface area contributed by atoms with Gasteiger partial charge in [-0.05, 0) is 62.4 Å². The summed E-state index contributed by atoms with van der Waals surface area (Å²) in [6.45, 7) is 3.92. The molecule has 36 heavy (non-hydrogen) atoms. The normalized spacial score (nSPS) is 15.0. The van der Waals surface area contributed by atoms with Gasteiger partial charge in [-0.15, -0.1) is 0 Å². The van der Waals surface area contributed by atoms with Gasteiger partial charge in [-0.3, -0.25) is 19.3 Å². The molecular weight excluding hydrogens is 471 g/mol. The van der Waals surface area contributed by atoms with Crippen molar-refractivity contribution in [3.63, 3.8) is 0 Å². The van der Waals surface area contributed by atoms with Crippen LogP contribution in [0, 0.1) is 12.8 Å². The van der Waals surface area contributed by atoms with Crippen molar-refractivity contribution in [1.29, 1.82) is 0 Å². The SMILES string of the molecule is CCn1nccc1C(=O)NC(C(=O)Nc1ccc(-c2c(C(F)(F)F)ccnc2C)cc1)C1CCCC1. The molecule has 1 aromatic carbocycles. The van der Waals surface area contributed by atoms with Crippen LogP contribution in [0.3, 0.4) is 0 Å². The zero-order valence-electron chi connectivity index (χ0n) is 20.1. The number of pyridine rings is 1. The van der Waals surface area contributed by atoms with Crippen LogP contribution in [-0.2, 0) is 17.5 Å². The van der Waals surface area contributed by atoms with Gasteiger partial charge in [0.1, 0.15) is 11.7 Å². The molecule has 190 valence electrons. The third-order valence-electron chi connectivity index (χ3n) is 6.58. The number of aromatic nitrogens is 3. The molecule has 1 aliphatic rings. The van der Waals surface area contributed by atoms with Gasteiger partial charge >= 0.3 is 6.18 Å². The number of halogens is 3. The fourth-order valence-corrected chi connectivity index (χ4v) is 4.79. The molecule has 0 spiro atoms. The van der Waals surface area contributed by atoms with Crippen LogP contribution >= 0.6 is 0 Å². The van der Waals surface area contributed by atoms with E-state index in [1.54, 1.807) is 29.1 Å². The maximum Gasteiger partial charge on any atom is 0.417 e. The van der Waals surface area contributed by atoms with Crippen molar-refractivity contribution in [2.24, 2.45) is 5.92 Å². The quantitative estimate of drug-likeness (QED) is 0.467. The first-order chi connectivity index (χ1) is 17.2. The number of amides is 2. The largest absolute Gasteiger partial charge is 0.417 e. The number of hydrogen-bond donors (Lipinski definition) is 2. The molecule has 3 aromatic rings. The van der Waals surface area contributed by atoms with E-state index in [1.807, 2.05) is 6.92 Å². The lowest BCUT2D eigenvalue weighted by molar-refractivity contribution is -0.137. The number of hydrogen-bond acceptors (Lipinski definition) is 4. The lowest BCUT2D eigenvalue weighted by Crippen LogP contribution is -2.48. The molecule has 0 bridgehead atoms. The van der Waals surface area contributed by atoms with Crippen LogP contribution in [-0.4, -0.2) is 32.6 Å². The second-order valence-corrected chi connectivity index (χ2v) is 8.91. The summed E-state index contributed by atoms with van der Waals surface area (Å²) in [6.07, 6.45) is 1.78. The molecule has 4 rings (SSSR count). The van der Waals surface area contributed by atoms with Crippen LogP contribution in [0.5, 0.6) is 0 Å². The number of nitrogens with one attached hydrogen (secondary N) is 2. The molecule has 1 fully saturated rings. The minimum absolute atomic E-state index is 0.00129. The Morgan fingerprint density at radius 1 is 1.08 bits per heavy atom. The molecule has 7 nitrogen and oxygen atoms in total. The van der Waals surface area contributed by atoms with Crippen molar-refractivity contribution in [3.8, 4) is 11.1 Å². The van der Waals surface area contributed by atoms with Crippen LogP contribution in [0.15, 0.2) is 48.8 Å². The number of carbonyl (C=O) groups excluding carboxylic acids is 2. The van der Waals surface area contributed by atoms with Gasteiger partial charge in [0, 0.05) is 35.9 Å². The van der Waals surface area contributed by atoms with E-state index in [0.29, 0.717) is 23.5 Å². The molecule has 2 amide bonds. The summed E-state index contributed by atoms with van der Waals surface area (Å²) in [5.74, 6) is -0.735. The van der Waals surface area contributed by atoms with Gasteiger partial charge < -0.3 is 10.6 Å². The highest BCUT2D eigenvalue weighted by Crippen LogP contribution is 2.38. The number of anilines is 1. The summed E-state index contributed by atoms with van der Waals surface area (Å²) in [7, 11) is 0. The molecule has 1 saturated carbocycles. The summed E-state index contributed by atoms with van der Waals surface area (Å²) in [4.78, 5) is 30.2. The summed E-state index contributed by atoms with van der Waals surface area (Å²) < 4.78 is 42.2. The lowest BCUT2D eigenvalue weighted by atomic mass is 9.96. The second-order valence-electron chi connectivity index (χ2n) is 8.91. The van der Waals surface area contributed by atoms with Crippen LogP contribution < -0.4 is 10.6 Å². The smallest absolute Gasteiger partial charge is 0.339 e. The Hall–Kier alpha value is -3.69. The predicted molar refractivity (Wildman–Crippen MR) is 129 cm³/mol. The van der Waals surface area contributed by atoms with Gasteiger partial charge in [0.2, 0.25) is 5.91 Å². The number of alkyl halides is 3. The zero-order valence-corrected chi connectivity index (χ0v) is 20.1.